The lowest BCUT2D eigenvalue weighted by Crippen LogP contribution is -2.19. The van der Waals surface area contributed by atoms with Crippen LogP contribution >= 0.6 is 0 Å². The fourth-order valence-corrected chi connectivity index (χ4v) is 0.647. The van der Waals surface area contributed by atoms with Crippen LogP contribution in [0.5, 0.6) is 0 Å². The zero-order chi connectivity index (χ0) is 8.69. The molecule has 0 aliphatic heterocycles. The van der Waals surface area contributed by atoms with Crippen molar-refractivity contribution in [3.63, 3.8) is 0 Å². The number of carbonyl (C=O) groups is 1. The molecule has 0 aliphatic rings. The molecule has 0 rings (SSSR count). The maximum absolute atomic E-state index is 10.9. The first kappa shape index (κ1) is 10.4. The third-order valence-corrected chi connectivity index (χ3v) is 1.26. The van der Waals surface area contributed by atoms with Crippen LogP contribution in [0.25, 0.3) is 0 Å². The first-order valence-electron chi connectivity index (χ1n) is 3.96. The van der Waals surface area contributed by atoms with E-state index in [4.69, 9.17) is 9.47 Å². The van der Waals surface area contributed by atoms with Crippen molar-refractivity contribution in [1.82, 2.24) is 0 Å². The van der Waals surface area contributed by atoms with Gasteiger partial charge in [-0.2, -0.15) is 0 Å². The van der Waals surface area contributed by atoms with Crippen LogP contribution < -0.4 is 0 Å². The highest BCUT2D eigenvalue weighted by molar-refractivity contribution is 5.72. The number of carbonyl (C=O) groups excluding carboxylic acids is 1. The molecule has 0 aromatic carbocycles. The molecule has 0 aromatic rings. The zero-order valence-corrected chi connectivity index (χ0v) is 7.42. The number of esters is 1. The second-order valence-corrected chi connectivity index (χ2v) is 2.31. The van der Waals surface area contributed by atoms with Crippen molar-refractivity contribution in [1.29, 1.82) is 0 Å². The fourth-order valence-electron chi connectivity index (χ4n) is 0.647. The largest absolute Gasteiger partial charge is 0.466 e. The van der Waals surface area contributed by atoms with E-state index in [0.717, 1.165) is 0 Å². The maximum Gasteiger partial charge on any atom is 0.310 e. The van der Waals surface area contributed by atoms with Crippen LogP contribution in [0.4, 0.5) is 0 Å². The quantitative estimate of drug-likeness (QED) is 0.567. The highest BCUT2D eigenvalue weighted by Crippen LogP contribution is 1.98. The zero-order valence-electron chi connectivity index (χ0n) is 7.42. The second kappa shape index (κ2) is 6.16. The summed E-state index contributed by atoms with van der Waals surface area (Å²) in [6, 6.07) is 0. The molecule has 3 heteroatoms. The summed E-state index contributed by atoms with van der Waals surface area (Å²) in [5.41, 5.74) is 0. The molecule has 0 fully saturated rings. The standard InChI is InChI=1S/C8H16O3/c1-4-10-6-7(3)8(9)11-5-2/h7H,4-6H2,1-3H3. The van der Waals surface area contributed by atoms with Gasteiger partial charge >= 0.3 is 5.97 Å². The van der Waals surface area contributed by atoms with E-state index >= 15 is 0 Å². The summed E-state index contributed by atoms with van der Waals surface area (Å²) in [6.45, 7) is 7.03. The number of rotatable bonds is 5. The van der Waals surface area contributed by atoms with Crippen molar-refractivity contribution in [3.05, 3.63) is 0 Å². The Labute approximate surface area is 67.7 Å². The van der Waals surface area contributed by atoms with Crippen molar-refractivity contribution in [2.75, 3.05) is 19.8 Å². The first-order valence-corrected chi connectivity index (χ1v) is 3.96. The molecule has 1 unspecified atom stereocenters. The third kappa shape index (κ3) is 4.79. The van der Waals surface area contributed by atoms with Crippen LogP contribution in [0.3, 0.4) is 0 Å². The molecule has 0 aliphatic carbocycles. The van der Waals surface area contributed by atoms with E-state index in [1.54, 1.807) is 13.8 Å². The lowest BCUT2D eigenvalue weighted by molar-refractivity contribution is -0.149. The Morgan fingerprint density at radius 2 is 2.00 bits per heavy atom. The molecule has 0 saturated carbocycles. The van der Waals surface area contributed by atoms with Gasteiger partial charge in [-0.25, -0.2) is 0 Å². The van der Waals surface area contributed by atoms with Gasteiger partial charge in [-0.3, -0.25) is 4.79 Å². The normalized spacial score (nSPS) is 12.6. The summed E-state index contributed by atoms with van der Waals surface area (Å²) in [7, 11) is 0. The highest BCUT2D eigenvalue weighted by atomic mass is 16.5. The SMILES string of the molecule is CCOCC(C)C(=O)OCC. The van der Waals surface area contributed by atoms with Gasteiger partial charge in [0.2, 0.25) is 0 Å². The van der Waals surface area contributed by atoms with E-state index in [0.29, 0.717) is 19.8 Å². The van der Waals surface area contributed by atoms with Crippen LogP contribution in [0.2, 0.25) is 0 Å². The monoisotopic (exact) mass is 160 g/mol. The minimum atomic E-state index is -0.180. The molecule has 3 nitrogen and oxygen atoms in total. The van der Waals surface area contributed by atoms with Crippen LogP contribution in [-0.4, -0.2) is 25.8 Å². The van der Waals surface area contributed by atoms with Crippen LogP contribution in [-0.2, 0) is 14.3 Å². The van der Waals surface area contributed by atoms with Gasteiger partial charge in [0, 0.05) is 6.61 Å². The number of hydrogen-bond donors (Lipinski definition) is 0. The summed E-state index contributed by atoms with van der Waals surface area (Å²) >= 11 is 0. The molecule has 0 N–H and O–H groups in total. The lowest BCUT2D eigenvalue weighted by atomic mass is 10.2. The summed E-state index contributed by atoms with van der Waals surface area (Å²) in [4.78, 5) is 10.9. The van der Waals surface area contributed by atoms with E-state index < -0.39 is 0 Å². The van der Waals surface area contributed by atoms with Gasteiger partial charge in [0.1, 0.15) is 0 Å². The molecule has 11 heavy (non-hydrogen) atoms. The molecule has 0 amide bonds. The molecule has 0 aromatic heterocycles. The molecule has 0 heterocycles. The lowest BCUT2D eigenvalue weighted by Gasteiger charge is -2.09. The van der Waals surface area contributed by atoms with Crippen molar-refractivity contribution < 1.29 is 14.3 Å². The van der Waals surface area contributed by atoms with Gasteiger partial charge in [0.15, 0.2) is 0 Å². The Bertz CT molecular complexity index is 112. The van der Waals surface area contributed by atoms with Gasteiger partial charge < -0.3 is 9.47 Å². The minimum absolute atomic E-state index is 0.144. The smallest absolute Gasteiger partial charge is 0.310 e. The molecule has 1 atom stereocenters. The van der Waals surface area contributed by atoms with Crippen LogP contribution in [0.15, 0.2) is 0 Å². The van der Waals surface area contributed by atoms with E-state index in [1.165, 1.54) is 0 Å². The van der Waals surface area contributed by atoms with Crippen LogP contribution in [0.1, 0.15) is 20.8 Å². The van der Waals surface area contributed by atoms with Crippen molar-refractivity contribution >= 4 is 5.97 Å². The van der Waals surface area contributed by atoms with Crippen molar-refractivity contribution in [2.24, 2.45) is 5.92 Å². The molecule has 66 valence electrons. The molecule has 0 spiro atoms. The Balaban J connectivity index is 3.46. The van der Waals surface area contributed by atoms with Crippen LogP contribution in [0, 0.1) is 5.92 Å². The summed E-state index contributed by atoms with van der Waals surface area (Å²) in [5, 5.41) is 0. The molecule has 0 bridgehead atoms. The van der Waals surface area contributed by atoms with Gasteiger partial charge in [0.25, 0.3) is 0 Å². The Morgan fingerprint density at radius 3 is 2.45 bits per heavy atom. The molecular weight excluding hydrogens is 144 g/mol. The minimum Gasteiger partial charge on any atom is -0.466 e. The summed E-state index contributed by atoms with van der Waals surface area (Å²) in [6.07, 6.45) is 0. The predicted octanol–water partition coefficient (Wildman–Crippen LogP) is 1.22. The number of hydrogen-bond acceptors (Lipinski definition) is 3. The Hall–Kier alpha value is -0.570. The Kier molecular flexibility index (Phi) is 5.84. The van der Waals surface area contributed by atoms with Gasteiger partial charge in [-0.05, 0) is 20.8 Å². The van der Waals surface area contributed by atoms with Gasteiger partial charge in [-0.15, -0.1) is 0 Å². The third-order valence-electron chi connectivity index (χ3n) is 1.26. The average Bonchev–Trinajstić information content (AvgIpc) is 2.00. The van der Waals surface area contributed by atoms with Gasteiger partial charge in [-0.1, -0.05) is 0 Å². The molecule has 0 saturated heterocycles. The highest BCUT2D eigenvalue weighted by Gasteiger charge is 2.12. The Morgan fingerprint density at radius 1 is 1.36 bits per heavy atom. The average molecular weight is 160 g/mol. The molecule has 0 radical (unpaired) electrons. The summed E-state index contributed by atoms with van der Waals surface area (Å²) in [5.74, 6) is -0.323. The predicted molar refractivity (Wildman–Crippen MR) is 42.3 cm³/mol. The molecular formula is C8H16O3. The van der Waals surface area contributed by atoms with Gasteiger partial charge in [0.05, 0.1) is 19.1 Å². The van der Waals surface area contributed by atoms with E-state index in [-0.39, 0.29) is 11.9 Å². The van der Waals surface area contributed by atoms with E-state index in [9.17, 15) is 4.79 Å². The van der Waals surface area contributed by atoms with Crippen molar-refractivity contribution in [2.45, 2.75) is 20.8 Å². The fraction of sp³-hybridized carbons (Fsp3) is 0.875. The number of ether oxygens (including phenoxy) is 2. The maximum atomic E-state index is 10.9. The second-order valence-electron chi connectivity index (χ2n) is 2.31. The first-order chi connectivity index (χ1) is 5.22. The van der Waals surface area contributed by atoms with Crippen molar-refractivity contribution in [3.8, 4) is 0 Å². The summed E-state index contributed by atoms with van der Waals surface area (Å²) < 4.78 is 9.84. The van der Waals surface area contributed by atoms with E-state index in [2.05, 4.69) is 0 Å². The van der Waals surface area contributed by atoms with E-state index in [1.807, 2.05) is 6.92 Å². The topological polar surface area (TPSA) is 35.5 Å².